The van der Waals surface area contributed by atoms with E-state index in [0.29, 0.717) is 0 Å². The number of nitrogens with one attached hydrogen (secondary N) is 1. The summed E-state index contributed by atoms with van der Waals surface area (Å²) < 4.78 is 5.78. The third-order valence-corrected chi connectivity index (χ3v) is 2.66. The van der Waals surface area contributed by atoms with E-state index in [-0.39, 0.29) is 18.0 Å². The highest BCUT2D eigenvalue weighted by molar-refractivity contribution is 5.85. The lowest BCUT2D eigenvalue weighted by molar-refractivity contribution is -0.0569. The van der Waals surface area contributed by atoms with Crippen LogP contribution in [0.5, 0.6) is 0 Å². The largest absolute Gasteiger partial charge is 0.371 e. The topological polar surface area (TPSA) is 21.3 Å². The molecule has 2 nitrogen and oxygen atoms in total. The Morgan fingerprint density at radius 2 is 1.92 bits per heavy atom. The number of hydrogen-bond acceptors (Lipinski definition) is 2. The molecule has 3 heteroatoms. The zero-order valence-corrected chi connectivity index (χ0v) is 8.03. The van der Waals surface area contributed by atoms with Gasteiger partial charge in [0.15, 0.2) is 0 Å². The Hall–Kier alpha value is -0.0500. The molecule has 12 heavy (non-hydrogen) atoms. The molecule has 0 aromatic rings. The molecule has 2 heterocycles. The molecule has 1 N–H and O–H groups in total. The van der Waals surface area contributed by atoms with Crippen LogP contribution in [-0.2, 0) is 4.74 Å². The summed E-state index contributed by atoms with van der Waals surface area (Å²) in [6.07, 6.45) is 7.85. The average molecular weight is 190 g/mol. The van der Waals surface area contributed by atoms with Crippen LogP contribution in [0, 0.1) is 0 Å². The van der Waals surface area contributed by atoms with Crippen molar-refractivity contribution in [2.24, 2.45) is 0 Å². The zero-order chi connectivity index (χ0) is 7.57. The Labute approximate surface area is 79.8 Å². The zero-order valence-electron chi connectivity index (χ0n) is 7.21. The highest BCUT2D eigenvalue weighted by Crippen LogP contribution is 2.29. The van der Waals surface area contributed by atoms with Crippen LogP contribution in [-0.4, -0.2) is 25.3 Å². The van der Waals surface area contributed by atoms with E-state index in [2.05, 4.69) is 17.5 Å². The molecular formula is C9H16ClNO. The van der Waals surface area contributed by atoms with Crippen molar-refractivity contribution in [3.05, 3.63) is 12.2 Å². The highest BCUT2D eigenvalue weighted by Gasteiger charge is 2.32. The van der Waals surface area contributed by atoms with E-state index in [1.165, 1.54) is 12.8 Å². The van der Waals surface area contributed by atoms with Gasteiger partial charge < -0.3 is 10.1 Å². The van der Waals surface area contributed by atoms with Crippen LogP contribution in [0.25, 0.3) is 0 Å². The molecule has 70 valence electrons. The van der Waals surface area contributed by atoms with Gasteiger partial charge in [0, 0.05) is 0 Å². The van der Waals surface area contributed by atoms with Gasteiger partial charge in [0.05, 0.1) is 12.2 Å². The Balaban J connectivity index is 0.000000720. The first-order valence-corrected chi connectivity index (χ1v) is 4.41. The summed E-state index contributed by atoms with van der Waals surface area (Å²) in [4.78, 5) is 0. The van der Waals surface area contributed by atoms with Gasteiger partial charge in [0.25, 0.3) is 0 Å². The Morgan fingerprint density at radius 1 is 1.17 bits per heavy atom. The summed E-state index contributed by atoms with van der Waals surface area (Å²) >= 11 is 0. The van der Waals surface area contributed by atoms with Crippen molar-refractivity contribution in [2.45, 2.75) is 24.9 Å². The minimum absolute atomic E-state index is 0. The molecule has 1 spiro atoms. The fourth-order valence-corrected chi connectivity index (χ4v) is 1.88. The van der Waals surface area contributed by atoms with Crippen molar-refractivity contribution in [1.82, 2.24) is 5.32 Å². The molecule has 2 aliphatic rings. The number of hydrogen-bond donors (Lipinski definition) is 1. The summed E-state index contributed by atoms with van der Waals surface area (Å²) in [5, 5.41) is 3.35. The molecule has 0 atom stereocenters. The van der Waals surface area contributed by atoms with Crippen molar-refractivity contribution >= 4 is 12.4 Å². The quantitative estimate of drug-likeness (QED) is 0.584. The molecule has 0 aromatic heterocycles. The van der Waals surface area contributed by atoms with E-state index >= 15 is 0 Å². The van der Waals surface area contributed by atoms with Crippen LogP contribution in [0.3, 0.4) is 0 Å². The number of rotatable bonds is 0. The maximum Gasteiger partial charge on any atom is 0.0745 e. The second-order valence-corrected chi connectivity index (χ2v) is 3.42. The Kier molecular flexibility index (Phi) is 3.56. The highest BCUT2D eigenvalue weighted by atomic mass is 35.5. The van der Waals surface area contributed by atoms with Crippen LogP contribution in [0.4, 0.5) is 0 Å². The number of piperidine rings is 1. The Bertz CT molecular complexity index is 164. The van der Waals surface area contributed by atoms with Gasteiger partial charge in [0.2, 0.25) is 0 Å². The smallest absolute Gasteiger partial charge is 0.0745 e. The van der Waals surface area contributed by atoms with Gasteiger partial charge in [-0.15, -0.1) is 12.4 Å². The maximum absolute atomic E-state index is 5.78. The van der Waals surface area contributed by atoms with Gasteiger partial charge >= 0.3 is 0 Å². The molecule has 1 saturated heterocycles. The summed E-state index contributed by atoms with van der Waals surface area (Å²) in [7, 11) is 0. The lowest BCUT2D eigenvalue weighted by atomic mass is 9.87. The molecule has 0 radical (unpaired) electrons. The summed E-state index contributed by atoms with van der Waals surface area (Å²) in [5.74, 6) is 0. The first-order valence-electron chi connectivity index (χ1n) is 4.41. The van der Waals surface area contributed by atoms with E-state index in [9.17, 15) is 0 Å². The standard InChI is InChI=1S/C9H15NO.ClH/c1-2-8-11-9(3-1)4-6-10-7-5-9;/h1-2,10H,3-8H2;1H. The van der Waals surface area contributed by atoms with Gasteiger partial charge in [-0.05, 0) is 32.4 Å². The molecule has 0 bridgehead atoms. The molecule has 0 aliphatic carbocycles. The predicted molar refractivity (Wildman–Crippen MR) is 51.8 cm³/mol. The molecule has 0 aromatic carbocycles. The monoisotopic (exact) mass is 189 g/mol. The van der Waals surface area contributed by atoms with E-state index < -0.39 is 0 Å². The van der Waals surface area contributed by atoms with E-state index in [1.807, 2.05) is 0 Å². The van der Waals surface area contributed by atoms with Crippen LogP contribution in [0.2, 0.25) is 0 Å². The van der Waals surface area contributed by atoms with Gasteiger partial charge in [-0.2, -0.15) is 0 Å². The number of ether oxygens (including phenoxy) is 1. The van der Waals surface area contributed by atoms with Crippen LogP contribution in [0.1, 0.15) is 19.3 Å². The lowest BCUT2D eigenvalue weighted by Gasteiger charge is -2.38. The third kappa shape index (κ3) is 2.00. The van der Waals surface area contributed by atoms with Gasteiger partial charge in [0.1, 0.15) is 0 Å². The van der Waals surface area contributed by atoms with Gasteiger partial charge in [-0.25, -0.2) is 0 Å². The van der Waals surface area contributed by atoms with Crippen LogP contribution < -0.4 is 5.32 Å². The normalized spacial score (nSPS) is 26.7. The second kappa shape index (κ2) is 4.26. The molecule has 0 saturated carbocycles. The molecule has 0 amide bonds. The fraction of sp³-hybridized carbons (Fsp3) is 0.778. The lowest BCUT2D eigenvalue weighted by Crippen LogP contribution is -2.44. The molecule has 0 unspecified atom stereocenters. The van der Waals surface area contributed by atoms with E-state index in [4.69, 9.17) is 4.74 Å². The predicted octanol–water partition coefficient (Wildman–Crippen LogP) is 1.51. The summed E-state index contributed by atoms with van der Waals surface area (Å²) in [5.41, 5.74) is 0.208. The van der Waals surface area contributed by atoms with E-state index in [0.717, 1.165) is 26.1 Å². The van der Waals surface area contributed by atoms with Crippen molar-refractivity contribution in [1.29, 1.82) is 0 Å². The van der Waals surface area contributed by atoms with Gasteiger partial charge in [-0.1, -0.05) is 12.2 Å². The summed E-state index contributed by atoms with van der Waals surface area (Å²) in [6, 6.07) is 0. The number of halogens is 1. The third-order valence-electron chi connectivity index (χ3n) is 2.66. The minimum Gasteiger partial charge on any atom is -0.371 e. The van der Waals surface area contributed by atoms with Crippen LogP contribution in [0.15, 0.2) is 12.2 Å². The van der Waals surface area contributed by atoms with Gasteiger partial charge in [-0.3, -0.25) is 0 Å². The van der Waals surface area contributed by atoms with Crippen molar-refractivity contribution in [3.8, 4) is 0 Å². The van der Waals surface area contributed by atoms with Crippen molar-refractivity contribution in [3.63, 3.8) is 0 Å². The molecule has 2 aliphatic heterocycles. The Morgan fingerprint density at radius 3 is 2.50 bits per heavy atom. The first-order chi connectivity index (χ1) is 5.41. The minimum atomic E-state index is 0. The van der Waals surface area contributed by atoms with E-state index in [1.54, 1.807) is 0 Å². The molecular weight excluding hydrogens is 174 g/mol. The summed E-state index contributed by atoms with van der Waals surface area (Å²) in [6.45, 7) is 3.06. The average Bonchev–Trinajstić information content (AvgIpc) is 2.07. The van der Waals surface area contributed by atoms with Crippen LogP contribution >= 0.6 is 12.4 Å². The SMILES string of the molecule is C1=CCC2(CCNCC2)OC1.Cl. The first kappa shape index (κ1) is 10.0. The second-order valence-electron chi connectivity index (χ2n) is 3.42. The molecule has 2 rings (SSSR count). The molecule has 1 fully saturated rings. The fourth-order valence-electron chi connectivity index (χ4n) is 1.88. The van der Waals surface area contributed by atoms with Crippen molar-refractivity contribution in [2.75, 3.05) is 19.7 Å². The van der Waals surface area contributed by atoms with Crippen molar-refractivity contribution < 1.29 is 4.74 Å². The maximum atomic E-state index is 5.78.